The van der Waals surface area contributed by atoms with Gasteiger partial charge in [0.15, 0.2) is 0 Å². The van der Waals surface area contributed by atoms with E-state index in [4.69, 9.17) is 23.6 Å². The second kappa shape index (κ2) is 3.67. The van der Waals surface area contributed by atoms with E-state index in [1.165, 1.54) is 10.8 Å². The molecular weight excluding hydrogens is 215 g/mol. The highest BCUT2D eigenvalue weighted by Gasteiger charge is 1.94. The molecule has 2 rings (SSSR count). The lowest BCUT2D eigenvalue weighted by Gasteiger charge is -1.97. The zero-order valence-electron chi connectivity index (χ0n) is 6.81. The third-order valence-corrected chi connectivity index (χ3v) is 3.91. The van der Waals surface area contributed by atoms with E-state index in [2.05, 4.69) is 24.3 Å². The standard InChI is InChI=1S/C10H7PS2/c12-11(13)10-6-5-8-3-1-2-4-9(8)7-10/h1-7H. The molecular formula is C10H7PS2. The molecule has 0 atom stereocenters. The third-order valence-electron chi connectivity index (χ3n) is 1.94. The van der Waals surface area contributed by atoms with E-state index in [-0.39, 0.29) is 0 Å². The molecule has 0 unspecified atom stereocenters. The van der Waals surface area contributed by atoms with Crippen molar-refractivity contribution in [2.75, 3.05) is 0 Å². The van der Waals surface area contributed by atoms with Gasteiger partial charge in [-0.05, 0) is 46.5 Å². The fourth-order valence-electron chi connectivity index (χ4n) is 1.29. The molecule has 0 bridgehead atoms. The van der Waals surface area contributed by atoms with Crippen LogP contribution in [0.25, 0.3) is 10.8 Å². The van der Waals surface area contributed by atoms with E-state index in [9.17, 15) is 0 Å². The molecule has 0 aliphatic heterocycles. The third kappa shape index (κ3) is 1.86. The summed E-state index contributed by atoms with van der Waals surface area (Å²) in [5, 5.41) is 3.58. The molecule has 0 aromatic heterocycles. The summed E-state index contributed by atoms with van der Waals surface area (Å²) in [7, 11) is 0. The smallest absolute Gasteiger partial charge is 0.0420 e. The van der Waals surface area contributed by atoms with Crippen LogP contribution in [-0.2, 0) is 23.6 Å². The molecule has 3 heteroatoms. The number of hydrogen-bond donors (Lipinski definition) is 0. The van der Waals surface area contributed by atoms with E-state index >= 15 is 0 Å². The molecule has 0 N–H and O–H groups in total. The van der Waals surface area contributed by atoms with Gasteiger partial charge in [0.1, 0.15) is 0 Å². The van der Waals surface area contributed by atoms with Gasteiger partial charge in [0, 0.05) is 10.8 Å². The first-order chi connectivity index (χ1) is 6.27. The maximum Gasteiger partial charge on any atom is 0.0420 e. The maximum absolute atomic E-state index is 5.09. The lowest BCUT2D eigenvalue weighted by molar-refractivity contribution is 1.78. The van der Waals surface area contributed by atoms with E-state index in [1.54, 1.807) is 0 Å². The summed E-state index contributed by atoms with van der Waals surface area (Å²) in [5.74, 6) is 0. The van der Waals surface area contributed by atoms with Crippen molar-refractivity contribution in [3.05, 3.63) is 42.5 Å². The van der Waals surface area contributed by atoms with Crippen molar-refractivity contribution in [3.8, 4) is 0 Å². The van der Waals surface area contributed by atoms with Crippen molar-refractivity contribution in [3.63, 3.8) is 0 Å². The van der Waals surface area contributed by atoms with E-state index in [0.29, 0.717) is 0 Å². The number of hydrogen-bond acceptors (Lipinski definition) is 2. The first-order valence-electron chi connectivity index (χ1n) is 3.90. The molecule has 0 aliphatic carbocycles. The molecule has 0 aliphatic rings. The molecule has 2 aromatic rings. The first kappa shape index (κ1) is 9.01. The van der Waals surface area contributed by atoms with Crippen LogP contribution < -0.4 is 5.30 Å². The predicted octanol–water partition coefficient (Wildman–Crippen LogP) is 2.87. The summed E-state index contributed by atoms with van der Waals surface area (Å²) >= 11 is 10.2. The number of benzene rings is 2. The highest BCUT2D eigenvalue weighted by Crippen LogP contribution is 2.15. The highest BCUT2D eigenvalue weighted by atomic mass is 32.7. The van der Waals surface area contributed by atoms with Crippen LogP contribution >= 0.6 is 5.47 Å². The van der Waals surface area contributed by atoms with Gasteiger partial charge in [-0.25, -0.2) is 0 Å². The Morgan fingerprint density at radius 2 is 1.54 bits per heavy atom. The summed E-state index contributed by atoms with van der Waals surface area (Å²) in [5.41, 5.74) is -0.802. The normalized spacial score (nSPS) is 10.2. The van der Waals surface area contributed by atoms with Crippen LogP contribution in [0.1, 0.15) is 0 Å². The molecule has 0 saturated carbocycles. The Labute approximate surface area is 87.7 Å². The summed E-state index contributed by atoms with van der Waals surface area (Å²) in [4.78, 5) is 0. The molecule has 0 saturated heterocycles. The van der Waals surface area contributed by atoms with Crippen LogP contribution in [0.2, 0.25) is 0 Å². The Bertz CT molecular complexity index is 507. The molecule has 0 fully saturated rings. The van der Waals surface area contributed by atoms with Gasteiger partial charge in [-0.2, -0.15) is 0 Å². The molecule has 0 amide bonds. The lowest BCUT2D eigenvalue weighted by Crippen LogP contribution is -1.90. The zero-order chi connectivity index (χ0) is 9.26. The van der Waals surface area contributed by atoms with E-state index in [1.807, 2.05) is 18.2 Å². The van der Waals surface area contributed by atoms with Crippen molar-refractivity contribution in [1.29, 1.82) is 0 Å². The van der Waals surface area contributed by atoms with Crippen LogP contribution in [0, 0.1) is 0 Å². The largest absolute Gasteiger partial charge is 0.0616 e. The fraction of sp³-hybridized carbons (Fsp3) is 0. The Hall–Kier alpha value is -0.560. The second-order valence-electron chi connectivity index (χ2n) is 2.79. The molecule has 0 nitrogen and oxygen atoms in total. The Kier molecular flexibility index (Phi) is 2.54. The molecule has 0 spiro atoms. The first-order valence-corrected chi connectivity index (χ1v) is 7.27. The molecule has 64 valence electrons. The van der Waals surface area contributed by atoms with Gasteiger partial charge < -0.3 is 0 Å². The molecule has 0 heterocycles. The van der Waals surface area contributed by atoms with Gasteiger partial charge in [-0.15, -0.1) is 0 Å². The minimum atomic E-state index is -0.802. The highest BCUT2D eigenvalue weighted by molar-refractivity contribution is 8.27. The SMILES string of the molecule is S=P(=S)c1ccc2ccccc2c1. The van der Waals surface area contributed by atoms with Crippen molar-refractivity contribution in [2.24, 2.45) is 0 Å². The van der Waals surface area contributed by atoms with Crippen molar-refractivity contribution in [2.45, 2.75) is 0 Å². The molecule has 0 radical (unpaired) electrons. The Morgan fingerprint density at radius 3 is 2.23 bits per heavy atom. The van der Waals surface area contributed by atoms with Crippen molar-refractivity contribution >= 4 is 45.2 Å². The second-order valence-corrected chi connectivity index (χ2v) is 6.70. The van der Waals surface area contributed by atoms with Gasteiger partial charge >= 0.3 is 0 Å². The minimum absolute atomic E-state index is 0.802. The van der Waals surface area contributed by atoms with Gasteiger partial charge in [-0.1, -0.05) is 30.3 Å². The average Bonchev–Trinajstić information content (AvgIpc) is 2.17. The lowest BCUT2D eigenvalue weighted by atomic mass is 10.1. The van der Waals surface area contributed by atoms with Gasteiger partial charge in [0.25, 0.3) is 0 Å². The van der Waals surface area contributed by atoms with Gasteiger partial charge in [0.05, 0.1) is 0 Å². The predicted molar refractivity (Wildman–Crippen MR) is 65.2 cm³/mol. The summed E-state index contributed by atoms with van der Waals surface area (Å²) in [6.45, 7) is 0. The fourth-order valence-corrected chi connectivity index (χ4v) is 2.41. The average molecular weight is 222 g/mol. The van der Waals surface area contributed by atoms with Gasteiger partial charge in [0.2, 0.25) is 0 Å². The molecule has 13 heavy (non-hydrogen) atoms. The Balaban J connectivity index is 2.76. The minimum Gasteiger partial charge on any atom is -0.0616 e. The van der Waals surface area contributed by atoms with Crippen LogP contribution in [0.4, 0.5) is 0 Å². The van der Waals surface area contributed by atoms with Crippen molar-refractivity contribution < 1.29 is 0 Å². The Morgan fingerprint density at radius 1 is 0.846 bits per heavy atom. The topological polar surface area (TPSA) is 0 Å². The summed E-state index contributed by atoms with van der Waals surface area (Å²) < 4.78 is 0. The zero-order valence-corrected chi connectivity index (χ0v) is 9.33. The molecule has 2 aromatic carbocycles. The van der Waals surface area contributed by atoms with Crippen molar-refractivity contribution in [1.82, 2.24) is 0 Å². The monoisotopic (exact) mass is 222 g/mol. The van der Waals surface area contributed by atoms with E-state index < -0.39 is 5.47 Å². The summed E-state index contributed by atoms with van der Waals surface area (Å²) in [6, 6.07) is 14.5. The van der Waals surface area contributed by atoms with Gasteiger partial charge in [-0.3, -0.25) is 0 Å². The summed E-state index contributed by atoms with van der Waals surface area (Å²) in [6.07, 6.45) is 0. The number of fused-ring (bicyclic) bond motifs is 1. The quantitative estimate of drug-likeness (QED) is 0.680. The van der Waals surface area contributed by atoms with E-state index in [0.717, 1.165) is 5.30 Å². The maximum atomic E-state index is 5.09. The van der Waals surface area contributed by atoms with Crippen LogP contribution in [0.5, 0.6) is 0 Å². The van der Waals surface area contributed by atoms with Crippen LogP contribution in [0.15, 0.2) is 42.5 Å². The number of rotatable bonds is 1. The van der Waals surface area contributed by atoms with Crippen LogP contribution in [0.3, 0.4) is 0 Å². The van der Waals surface area contributed by atoms with Crippen LogP contribution in [-0.4, -0.2) is 0 Å².